The van der Waals surface area contributed by atoms with E-state index < -0.39 is 0 Å². The summed E-state index contributed by atoms with van der Waals surface area (Å²) in [4.78, 5) is 12.7. The molecule has 0 spiro atoms. The van der Waals surface area contributed by atoms with Gasteiger partial charge in [0.15, 0.2) is 0 Å². The lowest BCUT2D eigenvalue weighted by Crippen LogP contribution is -2.28. The summed E-state index contributed by atoms with van der Waals surface area (Å²) in [5.41, 5.74) is 9.70. The first-order valence-electron chi connectivity index (χ1n) is 7.60. The molecule has 0 saturated carbocycles. The van der Waals surface area contributed by atoms with Gasteiger partial charge in [-0.05, 0) is 38.0 Å². The molecule has 2 N–H and O–H groups in total. The second-order valence-corrected chi connectivity index (χ2v) is 5.63. The van der Waals surface area contributed by atoms with Crippen molar-refractivity contribution in [2.75, 3.05) is 13.7 Å². The number of benzene rings is 1. The van der Waals surface area contributed by atoms with E-state index in [1.54, 1.807) is 7.11 Å². The van der Waals surface area contributed by atoms with Crippen molar-refractivity contribution in [2.24, 2.45) is 5.73 Å². The third-order valence-electron chi connectivity index (χ3n) is 3.77. The highest BCUT2D eigenvalue weighted by molar-refractivity contribution is 5.60. The van der Waals surface area contributed by atoms with E-state index in [0.717, 1.165) is 17.7 Å². The van der Waals surface area contributed by atoms with Crippen LogP contribution in [0.25, 0.3) is 11.3 Å². The van der Waals surface area contributed by atoms with Crippen LogP contribution in [-0.4, -0.2) is 18.3 Å². The van der Waals surface area contributed by atoms with Crippen LogP contribution in [0.3, 0.4) is 0 Å². The summed E-state index contributed by atoms with van der Waals surface area (Å²) in [6, 6.07) is 11.8. The van der Waals surface area contributed by atoms with Crippen molar-refractivity contribution in [3.63, 3.8) is 0 Å². The standard InChI is InChI=1S/C18H24N2O2/c1-13-5-7-15(8-6-13)17-10-9-16(14(2)19)18(21)20(17)11-4-12-22-3/h5-10,14H,4,11-12,19H2,1-3H3. The molecule has 0 aliphatic rings. The van der Waals surface area contributed by atoms with Crippen LogP contribution in [0.1, 0.15) is 30.5 Å². The smallest absolute Gasteiger partial charge is 0.255 e. The van der Waals surface area contributed by atoms with Crippen LogP contribution >= 0.6 is 0 Å². The van der Waals surface area contributed by atoms with Gasteiger partial charge in [-0.1, -0.05) is 29.8 Å². The molecule has 4 nitrogen and oxygen atoms in total. The molecule has 1 unspecified atom stereocenters. The monoisotopic (exact) mass is 300 g/mol. The van der Waals surface area contributed by atoms with Gasteiger partial charge in [0, 0.05) is 31.9 Å². The minimum absolute atomic E-state index is 0.0100. The summed E-state index contributed by atoms with van der Waals surface area (Å²) in [6.45, 7) is 5.13. The molecular formula is C18H24N2O2. The largest absolute Gasteiger partial charge is 0.385 e. The molecule has 22 heavy (non-hydrogen) atoms. The topological polar surface area (TPSA) is 57.2 Å². The molecule has 0 radical (unpaired) electrons. The summed E-state index contributed by atoms with van der Waals surface area (Å²) >= 11 is 0. The fraction of sp³-hybridized carbons (Fsp3) is 0.389. The van der Waals surface area contributed by atoms with Crippen LogP contribution in [0.2, 0.25) is 0 Å². The molecule has 1 atom stereocenters. The second kappa shape index (κ2) is 7.38. The number of ether oxygens (including phenoxy) is 1. The summed E-state index contributed by atoms with van der Waals surface area (Å²) in [5.74, 6) is 0. The maximum atomic E-state index is 12.7. The van der Waals surface area contributed by atoms with Crippen molar-refractivity contribution in [1.29, 1.82) is 0 Å². The van der Waals surface area contributed by atoms with Crippen LogP contribution in [-0.2, 0) is 11.3 Å². The second-order valence-electron chi connectivity index (χ2n) is 5.63. The molecule has 0 fully saturated rings. The van der Waals surface area contributed by atoms with Gasteiger partial charge in [0.1, 0.15) is 0 Å². The maximum Gasteiger partial charge on any atom is 0.255 e. The third kappa shape index (κ3) is 3.64. The van der Waals surface area contributed by atoms with Gasteiger partial charge in [-0.3, -0.25) is 4.79 Å². The van der Waals surface area contributed by atoms with Gasteiger partial charge in [-0.25, -0.2) is 0 Å². The molecule has 2 rings (SSSR count). The lowest BCUT2D eigenvalue weighted by molar-refractivity contribution is 0.190. The molecule has 1 aromatic heterocycles. The molecule has 118 valence electrons. The first-order valence-corrected chi connectivity index (χ1v) is 7.60. The fourth-order valence-electron chi connectivity index (χ4n) is 2.51. The summed E-state index contributed by atoms with van der Waals surface area (Å²) in [6.07, 6.45) is 0.789. The number of nitrogens with zero attached hydrogens (tertiary/aromatic N) is 1. The zero-order chi connectivity index (χ0) is 16.1. The Labute approximate surface area is 131 Å². The lowest BCUT2D eigenvalue weighted by atomic mass is 10.1. The summed E-state index contributed by atoms with van der Waals surface area (Å²) in [5, 5.41) is 0. The highest BCUT2D eigenvalue weighted by atomic mass is 16.5. The normalized spacial score (nSPS) is 12.4. The van der Waals surface area contributed by atoms with E-state index >= 15 is 0 Å². The molecule has 0 aliphatic heterocycles. The molecule has 0 bridgehead atoms. The van der Waals surface area contributed by atoms with Crippen molar-refractivity contribution in [3.8, 4) is 11.3 Å². The van der Waals surface area contributed by atoms with Crippen molar-refractivity contribution in [1.82, 2.24) is 4.57 Å². The number of pyridine rings is 1. The van der Waals surface area contributed by atoms with Gasteiger partial charge in [-0.2, -0.15) is 0 Å². The predicted octanol–water partition coefficient (Wildman–Crippen LogP) is 2.88. The van der Waals surface area contributed by atoms with E-state index in [0.29, 0.717) is 18.7 Å². The predicted molar refractivity (Wildman–Crippen MR) is 90.0 cm³/mol. The highest BCUT2D eigenvalue weighted by Gasteiger charge is 2.12. The van der Waals surface area contributed by atoms with E-state index in [-0.39, 0.29) is 11.6 Å². The average Bonchev–Trinajstić information content (AvgIpc) is 2.49. The molecule has 4 heteroatoms. The molecule has 0 aliphatic carbocycles. The molecular weight excluding hydrogens is 276 g/mol. The number of rotatable bonds is 6. The van der Waals surface area contributed by atoms with Crippen LogP contribution in [0, 0.1) is 6.92 Å². The quantitative estimate of drug-likeness (QED) is 0.835. The zero-order valence-electron chi connectivity index (χ0n) is 13.5. The van der Waals surface area contributed by atoms with Crippen LogP contribution in [0.15, 0.2) is 41.2 Å². The fourth-order valence-corrected chi connectivity index (χ4v) is 2.51. The van der Waals surface area contributed by atoms with Crippen LogP contribution in [0.5, 0.6) is 0 Å². The van der Waals surface area contributed by atoms with E-state index in [2.05, 4.69) is 19.1 Å². The number of nitrogens with two attached hydrogens (primary N) is 1. The average molecular weight is 300 g/mol. The Morgan fingerprint density at radius 3 is 2.45 bits per heavy atom. The highest BCUT2D eigenvalue weighted by Crippen LogP contribution is 2.20. The van der Waals surface area contributed by atoms with Crippen LogP contribution < -0.4 is 11.3 Å². The number of methoxy groups -OCH3 is 1. The Morgan fingerprint density at radius 1 is 1.18 bits per heavy atom. The first-order chi connectivity index (χ1) is 10.5. The Morgan fingerprint density at radius 2 is 1.86 bits per heavy atom. The molecule has 0 saturated heterocycles. The minimum atomic E-state index is -0.270. The maximum absolute atomic E-state index is 12.7. The van der Waals surface area contributed by atoms with Gasteiger partial charge in [0.05, 0.1) is 5.69 Å². The number of hydrogen-bond donors (Lipinski definition) is 1. The van der Waals surface area contributed by atoms with Gasteiger partial charge >= 0.3 is 0 Å². The van der Waals surface area contributed by atoms with Crippen molar-refractivity contribution in [3.05, 3.63) is 57.9 Å². The Hall–Kier alpha value is -1.91. The molecule has 0 amide bonds. The van der Waals surface area contributed by atoms with Gasteiger partial charge in [0.2, 0.25) is 0 Å². The summed E-state index contributed by atoms with van der Waals surface area (Å²) in [7, 11) is 1.67. The van der Waals surface area contributed by atoms with E-state index in [9.17, 15) is 4.79 Å². The number of hydrogen-bond acceptors (Lipinski definition) is 3. The lowest BCUT2D eigenvalue weighted by Gasteiger charge is -2.16. The Bertz CT molecular complexity index is 672. The molecule has 1 heterocycles. The Kier molecular flexibility index (Phi) is 5.52. The van der Waals surface area contributed by atoms with E-state index in [4.69, 9.17) is 10.5 Å². The van der Waals surface area contributed by atoms with Gasteiger partial charge < -0.3 is 15.0 Å². The third-order valence-corrected chi connectivity index (χ3v) is 3.77. The number of aryl methyl sites for hydroxylation is 1. The van der Waals surface area contributed by atoms with E-state index in [1.807, 2.05) is 35.8 Å². The van der Waals surface area contributed by atoms with Gasteiger partial charge in [-0.15, -0.1) is 0 Å². The van der Waals surface area contributed by atoms with Crippen LogP contribution in [0.4, 0.5) is 0 Å². The SMILES string of the molecule is COCCCn1c(-c2ccc(C)cc2)ccc(C(C)N)c1=O. The first kappa shape index (κ1) is 16.5. The van der Waals surface area contributed by atoms with Crippen molar-refractivity contribution in [2.45, 2.75) is 32.9 Å². The molecule has 1 aromatic carbocycles. The van der Waals surface area contributed by atoms with Crippen molar-refractivity contribution >= 4 is 0 Å². The van der Waals surface area contributed by atoms with Gasteiger partial charge in [0.25, 0.3) is 5.56 Å². The molecule has 2 aromatic rings. The minimum Gasteiger partial charge on any atom is -0.385 e. The Balaban J connectivity index is 2.50. The summed E-state index contributed by atoms with van der Waals surface area (Å²) < 4.78 is 6.91. The number of aromatic nitrogens is 1. The van der Waals surface area contributed by atoms with E-state index in [1.165, 1.54) is 5.56 Å². The zero-order valence-corrected chi connectivity index (χ0v) is 13.5. The van der Waals surface area contributed by atoms with Crippen molar-refractivity contribution < 1.29 is 4.74 Å².